The van der Waals surface area contributed by atoms with Crippen LogP contribution in [-0.2, 0) is 31.8 Å². The first-order chi connectivity index (χ1) is 25.2. The number of non-ortho nitro benzene ring substituents is 1. The number of nitro groups is 1. The fourth-order valence-corrected chi connectivity index (χ4v) is 5.64. The molecule has 0 saturated heterocycles. The Morgan fingerprint density at radius 3 is 2.13 bits per heavy atom. The van der Waals surface area contributed by atoms with Gasteiger partial charge in [-0.3, -0.25) is 24.5 Å². The summed E-state index contributed by atoms with van der Waals surface area (Å²) in [5.74, 6) is -0.574. The van der Waals surface area contributed by atoms with Gasteiger partial charge in [0, 0.05) is 47.3 Å². The maximum atomic E-state index is 13.7. The molecule has 0 aliphatic rings. The number of anilines is 2. The molecule has 0 saturated carbocycles. The second kappa shape index (κ2) is 18.7. The Labute approximate surface area is 325 Å². The van der Waals surface area contributed by atoms with Crippen LogP contribution in [0.1, 0.15) is 112 Å². The molecule has 1 unspecified atom stereocenters. The van der Waals surface area contributed by atoms with Crippen molar-refractivity contribution in [3.8, 4) is 11.5 Å². The molecule has 0 aliphatic carbocycles. The summed E-state index contributed by atoms with van der Waals surface area (Å²) in [5.41, 5.74) is 2.24. The van der Waals surface area contributed by atoms with E-state index < -0.39 is 28.1 Å². The molecule has 3 aromatic rings. The van der Waals surface area contributed by atoms with Crippen LogP contribution in [0.25, 0.3) is 0 Å². The number of ether oxygens (including phenoxy) is 2. The second-order valence-corrected chi connectivity index (χ2v) is 16.2. The summed E-state index contributed by atoms with van der Waals surface area (Å²) < 4.78 is 12.3. The zero-order chi connectivity index (χ0) is 40.4. The molecule has 0 aliphatic heterocycles. The fourth-order valence-electron chi connectivity index (χ4n) is 5.47. The average molecular weight is 765 g/mol. The van der Waals surface area contributed by atoms with Crippen molar-refractivity contribution < 1.29 is 28.8 Å². The molecule has 3 N–H and O–H groups in total. The number of halogens is 1. The SMILES string of the molecule is CCNCc1cc([N+](=O)[O-])ccc1OC(C(=O)Nc1cc(NC(=O)CCCOc2ccc(C(C)(C)CC)cc2C(C)(C)CC)ccc1Cl)C(=O)C(C)(C)C. The predicted molar refractivity (Wildman–Crippen MR) is 216 cm³/mol. The Bertz CT molecular complexity index is 1820. The molecule has 0 radical (unpaired) electrons. The number of nitrogens with one attached hydrogen (secondary N) is 3. The van der Waals surface area contributed by atoms with Crippen molar-refractivity contribution in [2.75, 3.05) is 23.8 Å². The summed E-state index contributed by atoms with van der Waals surface area (Å²) in [7, 11) is 0. The first-order valence-electron chi connectivity index (χ1n) is 18.6. The van der Waals surface area contributed by atoms with Gasteiger partial charge in [-0.05, 0) is 72.5 Å². The van der Waals surface area contributed by atoms with E-state index in [0.717, 1.165) is 24.2 Å². The third-order valence-corrected chi connectivity index (χ3v) is 10.2. The first kappa shape index (κ1) is 43.9. The highest BCUT2D eigenvalue weighted by Gasteiger charge is 2.37. The lowest BCUT2D eigenvalue weighted by molar-refractivity contribution is -0.384. The summed E-state index contributed by atoms with van der Waals surface area (Å²) in [5, 5.41) is 20.2. The number of amides is 2. The highest BCUT2D eigenvalue weighted by molar-refractivity contribution is 6.34. The zero-order valence-corrected chi connectivity index (χ0v) is 34.2. The highest BCUT2D eigenvalue weighted by atomic mass is 35.5. The predicted octanol–water partition coefficient (Wildman–Crippen LogP) is 9.53. The molecule has 1 atom stereocenters. The third-order valence-electron chi connectivity index (χ3n) is 9.85. The quantitative estimate of drug-likeness (QED) is 0.0473. The summed E-state index contributed by atoms with van der Waals surface area (Å²) in [6.45, 7) is 21.3. The van der Waals surface area contributed by atoms with Crippen LogP contribution in [-0.4, -0.2) is 41.8 Å². The summed E-state index contributed by atoms with van der Waals surface area (Å²) in [6, 6.07) is 15.1. The highest BCUT2D eigenvalue weighted by Crippen LogP contribution is 2.39. The maximum absolute atomic E-state index is 13.7. The minimum atomic E-state index is -1.61. The topological polar surface area (TPSA) is 149 Å². The number of carbonyl (C=O) groups excluding carboxylic acids is 3. The molecule has 0 fully saturated rings. The van der Waals surface area contributed by atoms with Crippen LogP contribution < -0.4 is 25.4 Å². The van der Waals surface area contributed by atoms with Crippen LogP contribution in [0.2, 0.25) is 5.02 Å². The van der Waals surface area contributed by atoms with E-state index in [4.69, 9.17) is 21.1 Å². The average Bonchev–Trinajstić information content (AvgIpc) is 3.12. The number of ketones is 1. The van der Waals surface area contributed by atoms with Crippen molar-refractivity contribution in [2.24, 2.45) is 5.41 Å². The van der Waals surface area contributed by atoms with Crippen LogP contribution in [0.15, 0.2) is 54.6 Å². The number of carbonyl (C=O) groups is 3. The fraction of sp³-hybridized carbons (Fsp3) is 0.500. The smallest absolute Gasteiger partial charge is 0.273 e. The number of nitro benzene ring substituents is 1. The molecular weight excluding hydrogens is 708 g/mol. The van der Waals surface area contributed by atoms with Crippen molar-refractivity contribution >= 4 is 46.3 Å². The Balaban J connectivity index is 1.72. The van der Waals surface area contributed by atoms with Crippen LogP contribution >= 0.6 is 11.6 Å². The van der Waals surface area contributed by atoms with E-state index in [9.17, 15) is 24.5 Å². The van der Waals surface area contributed by atoms with Crippen molar-refractivity contribution in [1.29, 1.82) is 0 Å². The van der Waals surface area contributed by atoms with Gasteiger partial charge in [0.15, 0.2) is 5.78 Å². The van der Waals surface area contributed by atoms with E-state index in [1.54, 1.807) is 26.8 Å². The Morgan fingerprint density at radius 1 is 0.852 bits per heavy atom. The van der Waals surface area contributed by atoms with E-state index in [2.05, 4.69) is 69.6 Å². The van der Waals surface area contributed by atoms with Gasteiger partial charge in [0.2, 0.25) is 12.0 Å². The summed E-state index contributed by atoms with van der Waals surface area (Å²) >= 11 is 6.46. The van der Waals surface area contributed by atoms with Crippen LogP contribution in [0.5, 0.6) is 11.5 Å². The van der Waals surface area contributed by atoms with E-state index >= 15 is 0 Å². The molecule has 12 heteroatoms. The second-order valence-electron chi connectivity index (χ2n) is 15.8. The molecule has 294 valence electrons. The molecule has 2 amide bonds. The molecular formula is C42H57ClN4O7. The molecule has 0 aromatic heterocycles. The van der Waals surface area contributed by atoms with E-state index in [-0.39, 0.29) is 51.8 Å². The van der Waals surface area contributed by atoms with Gasteiger partial charge in [-0.1, -0.05) is 93.0 Å². The third kappa shape index (κ3) is 11.8. The van der Waals surface area contributed by atoms with Crippen molar-refractivity contribution in [3.63, 3.8) is 0 Å². The van der Waals surface area contributed by atoms with Gasteiger partial charge < -0.3 is 25.4 Å². The molecule has 11 nitrogen and oxygen atoms in total. The van der Waals surface area contributed by atoms with Gasteiger partial charge in [-0.25, -0.2) is 0 Å². The first-order valence-corrected chi connectivity index (χ1v) is 19.0. The summed E-state index contributed by atoms with van der Waals surface area (Å²) in [6.07, 6.45) is 1.02. The lowest BCUT2D eigenvalue weighted by Crippen LogP contribution is -2.45. The number of rotatable bonds is 19. The maximum Gasteiger partial charge on any atom is 0.273 e. The van der Waals surface area contributed by atoms with Crippen molar-refractivity contribution in [2.45, 2.75) is 118 Å². The lowest BCUT2D eigenvalue weighted by Gasteiger charge is -2.30. The molecule has 3 rings (SSSR count). The lowest BCUT2D eigenvalue weighted by atomic mass is 9.76. The standard InChI is InChI=1S/C42H57ClN4O7/c1-11-41(7,8)28-16-20-35(31(24-28)42(9,10)12-2)53-22-14-15-36(48)45-29-17-19-32(43)33(25-29)46-39(50)37(38(49)40(4,5)6)54-34-21-18-30(47(51)52)23-27(34)26-44-13-3/h16-21,23-25,37,44H,11-15,22,26H2,1-10H3,(H,45,48)(H,46,50). The van der Waals surface area contributed by atoms with Gasteiger partial charge in [-0.2, -0.15) is 0 Å². The van der Waals surface area contributed by atoms with Crippen molar-refractivity contribution in [3.05, 3.63) is 86.4 Å². The number of nitrogens with zero attached hydrogens (tertiary/aromatic N) is 1. The van der Waals surface area contributed by atoms with Gasteiger partial charge >= 0.3 is 0 Å². The number of benzene rings is 3. The normalized spacial score (nSPS) is 12.5. The minimum Gasteiger partial charge on any atom is -0.493 e. The van der Waals surface area contributed by atoms with E-state index in [1.807, 2.05) is 13.0 Å². The molecule has 0 heterocycles. The Morgan fingerprint density at radius 2 is 1.52 bits per heavy atom. The molecule has 54 heavy (non-hydrogen) atoms. The van der Waals surface area contributed by atoms with Crippen LogP contribution in [0.4, 0.5) is 17.1 Å². The monoisotopic (exact) mass is 764 g/mol. The van der Waals surface area contributed by atoms with E-state index in [0.29, 0.717) is 30.8 Å². The van der Waals surface area contributed by atoms with Crippen molar-refractivity contribution in [1.82, 2.24) is 5.32 Å². The minimum absolute atomic E-state index is 0.0457. The summed E-state index contributed by atoms with van der Waals surface area (Å²) in [4.78, 5) is 51.2. The number of hydrogen-bond donors (Lipinski definition) is 3. The van der Waals surface area contributed by atoms with Gasteiger partial charge in [-0.15, -0.1) is 0 Å². The molecule has 3 aromatic carbocycles. The van der Waals surface area contributed by atoms with Gasteiger partial charge in [0.05, 0.1) is 22.2 Å². The van der Waals surface area contributed by atoms with Gasteiger partial charge in [0.25, 0.3) is 11.6 Å². The van der Waals surface area contributed by atoms with Gasteiger partial charge in [0.1, 0.15) is 11.5 Å². The van der Waals surface area contributed by atoms with Crippen LogP contribution in [0, 0.1) is 15.5 Å². The largest absolute Gasteiger partial charge is 0.493 e. The molecule has 0 spiro atoms. The Kier molecular flexibility index (Phi) is 15.2. The number of Topliss-reactive ketones (excluding diaryl/α,β-unsaturated/α-hetero) is 1. The Hall–Kier alpha value is -4.48. The molecule has 0 bridgehead atoms. The van der Waals surface area contributed by atoms with Crippen LogP contribution in [0.3, 0.4) is 0 Å². The van der Waals surface area contributed by atoms with E-state index in [1.165, 1.54) is 35.9 Å². The number of hydrogen-bond acceptors (Lipinski definition) is 8. The zero-order valence-electron chi connectivity index (χ0n) is 33.4.